The number of thiophene rings is 1. The first kappa shape index (κ1) is 16.9. The zero-order valence-corrected chi connectivity index (χ0v) is 15.6. The van der Waals surface area contributed by atoms with E-state index in [0.29, 0.717) is 18.3 Å². The number of aromatic nitrogens is 4. The van der Waals surface area contributed by atoms with Gasteiger partial charge in [0, 0.05) is 36.6 Å². The Hall–Kier alpha value is -2.52. The van der Waals surface area contributed by atoms with Crippen molar-refractivity contribution < 1.29 is 0 Å². The molecule has 0 saturated carbocycles. The van der Waals surface area contributed by atoms with Gasteiger partial charge in [-0.2, -0.15) is 0 Å². The van der Waals surface area contributed by atoms with E-state index in [2.05, 4.69) is 49.8 Å². The molecule has 1 atom stereocenters. The fraction of sp³-hybridized carbons (Fsp3) is 0.412. The summed E-state index contributed by atoms with van der Waals surface area (Å²) in [5.41, 5.74) is 6.10. The third-order valence-corrected chi connectivity index (χ3v) is 5.70. The summed E-state index contributed by atoms with van der Waals surface area (Å²) in [7, 11) is 2.05. The molecular weight excluding hydrogens is 350 g/mol. The Kier molecular flexibility index (Phi) is 4.33. The van der Waals surface area contributed by atoms with Crippen molar-refractivity contribution in [2.75, 3.05) is 30.8 Å². The van der Waals surface area contributed by atoms with Crippen LogP contribution >= 0.6 is 11.3 Å². The van der Waals surface area contributed by atoms with Crippen LogP contribution in [0.15, 0.2) is 23.3 Å². The Morgan fingerprint density at radius 1 is 1.42 bits per heavy atom. The molecule has 0 bridgehead atoms. The van der Waals surface area contributed by atoms with Crippen molar-refractivity contribution in [1.82, 2.24) is 24.8 Å². The molecule has 0 amide bonds. The quantitative estimate of drug-likeness (QED) is 0.714. The highest BCUT2D eigenvalue weighted by molar-refractivity contribution is 7.18. The van der Waals surface area contributed by atoms with E-state index in [1.54, 1.807) is 17.7 Å². The van der Waals surface area contributed by atoms with Crippen molar-refractivity contribution in [3.63, 3.8) is 0 Å². The normalized spacial score (nSPS) is 17.5. The van der Waals surface area contributed by atoms with Crippen LogP contribution < -0.4 is 16.2 Å². The molecule has 1 aliphatic heterocycles. The van der Waals surface area contributed by atoms with Gasteiger partial charge in [-0.3, -0.25) is 14.7 Å². The molecule has 1 saturated heterocycles. The van der Waals surface area contributed by atoms with Crippen LogP contribution in [0.5, 0.6) is 0 Å². The standard InChI is InChI=1S/C17H21N7OS/c1-10-5-13-15(19-9-20-16(13)26-10)24-4-3-12(8-24)23(2)7-11-6-14(25)22-17(18)21-11/h5-6,9,12H,3-4,7-8H2,1-2H3,(H3,18,21,22,25)/t12-/m1/s1. The van der Waals surface area contributed by atoms with Gasteiger partial charge in [0.15, 0.2) is 0 Å². The summed E-state index contributed by atoms with van der Waals surface area (Å²) in [6.45, 7) is 4.51. The fourth-order valence-electron chi connectivity index (χ4n) is 3.50. The zero-order valence-electron chi connectivity index (χ0n) is 14.8. The van der Waals surface area contributed by atoms with Crippen LogP contribution in [0.1, 0.15) is 17.0 Å². The number of hydrogen-bond donors (Lipinski definition) is 2. The summed E-state index contributed by atoms with van der Waals surface area (Å²) in [6.07, 6.45) is 2.68. The number of aromatic amines is 1. The van der Waals surface area contributed by atoms with Crippen molar-refractivity contribution >= 4 is 33.3 Å². The maximum Gasteiger partial charge on any atom is 0.252 e. The van der Waals surface area contributed by atoms with Gasteiger partial charge in [0.05, 0.1) is 11.1 Å². The van der Waals surface area contributed by atoms with Crippen LogP contribution in [0, 0.1) is 6.92 Å². The highest BCUT2D eigenvalue weighted by Crippen LogP contribution is 2.32. The number of hydrogen-bond acceptors (Lipinski definition) is 8. The molecule has 8 nitrogen and oxygen atoms in total. The highest BCUT2D eigenvalue weighted by atomic mass is 32.1. The van der Waals surface area contributed by atoms with Crippen molar-refractivity contribution in [1.29, 1.82) is 0 Å². The highest BCUT2D eigenvalue weighted by Gasteiger charge is 2.28. The van der Waals surface area contributed by atoms with Crippen molar-refractivity contribution in [2.45, 2.75) is 25.9 Å². The summed E-state index contributed by atoms with van der Waals surface area (Å²) in [5, 5.41) is 1.13. The average molecular weight is 371 g/mol. The van der Waals surface area contributed by atoms with Crippen molar-refractivity contribution in [3.8, 4) is 0 Å². The zero-order chi connectivity index (χ0) is 18.3. The summed E-state index contributed by atoms with van der Waals surface area (Å²) in [4.78, 5) is 34.0. The largest absolute Gasteiger partial charge is 0.369 e. The SMILES string of the molecule is Cc1cc2c(N3CC[C@@H](N(C)Cc4cc(=O)[nH]c(N)n4)C3)ncnc2s1. The monoisotopic (exact) mass is 371 g/mol. The van der Waals surface area contributed by atoms with Crippen LogP contribution in [0.4, 0.5) is 11.8 Å². The molecule has 0 unspecified atom stereocenters. The molecule has 9 heteroatoms. The number of nitrogen functional groups attached to an aromatic ring is 1. The number of nitrogens with zero attached hydrogens (tertiary/aromatic N) is 5. The minimum atomic E-state index is -0.217. The Morgan fingerprint density at radius 3 is 3.08 bits per heavy atom. The van der Waals surface area contributed by atoms with Gasteiger partial charge < -0.3 is 10.6 Å². The lowest BCUT2D eigenvalue weighted by Gasteiger charge is -2.24. The minimum absolute atomic E-state index is 0.158. The van der Waals surface area contributed by atoms with Gasteiger partial charge in [-0.25, -0.2) is 15.0 Å². The molecule has 1 aliphatic rings. The number of fused-ring (bicyclic) bond motifs is 1. The second-order valence-electron chi connectivity index (χ2n) is 6.70. The number of rotatable bonds is 4. The number of H-pyrrole nitrogens is 1. The topological polar surface area (TPSA) is 104 Å². The van der Waals surface area contributed by atoms with E-state index < -0.39 is 0 Å². The lowest BCUT2D eigenvalue weighted by molar-refractivity contribution is 0.247. The lowest BCUT2D eigenvalue weighted by Crippen LogP contribution is -2.35. The first-order valence-corrected chi connectivity index (χ1v) is 9.33. The van der Waals surface area contributed by atoms with Gasteiger partial charge >= 0.3 is 0 Å². The van der Waals surface area contributed by atoms with Crippen LogP contribution in [0.2, 0.25) is 0 Å². The first-order chi connectivity index (χ1) is 12.5. The third kappa shape index (κ3) is 3.27. The van der Waals surface area contributed by atoms with Crippen LogP contribution in [0.3, 0.4) is 0 Å². The van der Waals surface area contributed by atoms with E-state index in [4.69, 9.17) is 5.73 Å². The smallest absolute Gasteiger partial charge is 0.252 e. The maximum absolute atomic E-state index is 11.6. The molecule has 26 heavy (non-hydrogen) atoms. The first-order valence-electron chi connectivity index (χ1n) is 8.51. The number of likely N-dealkylation sites (N-methyl/N-ethyl adjacent to an activating group) is 1. The second-order valence-corrected chi connectivity index (χ2v) is 7.93. The number of nitrogens with two attached hydrogens (primary N) is 1. The molecule has 0 aromatic carbocycles. The average Bonchev–Trinajstić information content (AvgIpc) is 3.18. The van der Waals surface area contributed by atoms with Crippen LogP contribution in [-0.2, 0) is 6.54 Å². The molecule has 136 valence electrons. The second kappa shape index (κ2) is 6.65. The van der Waals surface area contributed by atoms with E-state index in [-0.39, 0.29) is 11.5 Å². The van der Waals surface area contributed by atoms with E-state index >= 15 is 0 Å². The molecule has 3 aromatic rings. The van der Waals surface area contributed by atoms with Crippen molar-refractivity contribution in [3.05, 3.63) is 39.4 Å². The van der Waals surface area contributed by atoms with Crippen LogP contribution in [0.25, 0.3) is 10.2 Å². The van der Waals surface area contributed by atoms with E-state index in [0.717, 1.165) is 35.5 Å². The maximum atomic E-state index is 11.6. The number of anilines is 2. The van der Waals surface area contributed by atoms with Gasteiger partial charge in [-0.1, -0.05) is 0 Å². The summed E-state index contributed by atoms with van der Waals surface area (Å²) in [6, 6.07) is 4.03. The molecule has 4 rings (SSSR count). The molecule has 0 aliphatic carbocycles. The predicted octanol–water partition coefficient (Wildman–Crippen LogP) is 1.38. The molecular formula is C17H21N7OS. The molecule has 1 fully saturated rings. The van der Waals surface area contributed by atoms with E-state index in [1.165, 1.54) is 10.9 Å². The molecule has 4 heterocycles. The van der Waals surface area contributed by atoms with Crippen LogP contribution in [-0.4, -0.2) is 51.0 Å². The van der Waals surface area contributed by atoms with Gasteiger partial charge in [-0.15, -0.1) is 11.3 Å². The molecule has 0 spiro atoms. The summed E-state index contributed by atoms with van der Waals surface area (Å²) < 4.78 is 0. The summed E-state index contributed by atoms with van der Waals surface area (Å²) >= 11 is 1.70. The molecule has 0 radical (unpaired) electrons. The van der Waals surface area contributed by atoms with E-state index in [9.17, 15) is 4.79 Å². The van der Waals surface area contributed by atoms with Gasteiger partial charge in [0.1, 0.15) is 17.0 Å². The Morgan fingerprint density at radius 2 is 2.27 bits per heavy atom. The lowest BCUT2D eigenvalue weighted by atomic mass is 10.2. The predicted molar refractivity (Wildman–Crippen MR) is 104 cm³/mol. The van der Waals surface area contributed by atoms with E-state index in [1.807, 2.05) is 0 Å². The Balaban J connectivity index is 1.50. The fourth-order valence-corrected chi connectivity index (χ4v) is 4.35. The minimum Gasteiger partial charge on any atom is -0.369 e. The number of aryl methyl sites for hydroxylation is 1. The van der Waals surface area contributed by atoms with Gasteiger partial charge in [0.2, 0.25) is 5.95 Å². The number of nitrogens with one attached hydrogen (secondary N) is 1. The van der Waals surface area contributed by atoms with Crippen molar-refractivity contribution in [2.24, 2.45) is 0 Å². The summed E-state index contributed by atoms with van der Waals surface area (Å²) in [5.74, 6) is 1.17. The van der Waals surface area contributed by atoms with Gasteiger partial charge in [-0.05, 0) is 26.5 Å². The van der Waals surface area contributed by atoms with Gasteiger partial charge in [0.25, 0.3) is 5.56 Å². The molecule has 3 N–H and O–H groups in total. The molecule has 3 aromatic heterocycles. The Labute approximate surface area is 154 Å². The third-order valence-electron chi connectivity index (χ3n) is 4.74. The Bertz CT molecular complexity index is 998.